The van der Waals surface area contributed by atoms with Crippen LogP contribution >= 0.6 is 0 Å². The van der Waals surface area contributed by atoms with Crippen LogP contribution in [0.15, 0.2) is 12.2 Å². The second kappa shape index (κ2) is 19.9. The average Bonchev–Trinajstić information content (AvgIpc) is 2.45. The van der Waals surface area contributed by atoms with E-state index in [2.05, 4.69) is 19.1 Å². The monoisotopic (exact) mass is 336 g/mol. The zero-order valence-corrected chi connectivity index (χ0v) is 17.8. The Labute approximate surface area is 179 Å². The number of hydrogen-bond acceptors (Lipinski definition) is 3. The van der Waals surface area contributed by atoms with Crippen molar-refractivity contribution < 1.29 is 66.4 Å². The number of carbonyl (C=O) groups excluding carboxylic acids is 1. The maximum Gasteiger partial charge on any atom is 1.00 e. The molecule has 0 amide bonds. The van der Waals surface area contributed by atoms with Gasteiger partial charge in [-0.15, -0.1) is 0 Å². The minimum absolute atomic E-state index is 0. The summed E-state index contributed by atoms with van der Waals surface area (Å²) in [7, 11) is 0. The van der Waals surface area contributed by atoms with E-state index in [1.165, 1.54) is 25.7 Å². The third-order valence-corrected chi connectivity index (χ3v) is 3.72. The van der Waals surface area contributed by atoms with Crippen molar-refractivity contribution >= 4 is 5.97 Å². The summed E-state index contributed by atoms with van der Waals surface area (Å²) >= 11 is 0. The molecule has 4 heteroatoms. The van der Waals surface area contributed by atoms with Crippen LogP contribution in [-0.4, -0.2) is 17.2 Å². The first-order valence-electron chi connectivity index (χ1n) is 8.69. The summed E-state index contributed by atoms with van der Waals surface area (Å²) in [5, 5.41) is 19.9. The summed E-state index contributed by atoms with van der Waals surface area (Å²) in [6.45, 7) is 2.14. The molecule has 0 aliphatic carbocycles. The Kier molecular flexibility index (Phi) is 22.6. The SMILES string of the molecule is CCCCC(O)C/C=C/CCCCCCCCCC(=O)[O-].[K+]. The smallest absolute Gasteiger partial charge is 0.550 e. The first-order valence-corrected chi connectivity index (χ1v) is 8.69. The molecule has 0 aromatic rings. The van der Waals surface area contributed by atoms with Crippen molar-refractivity contribution in [2.45, 2.75) is 96.5 Å². The number of aliphatic carboxylic acids is 1. The molecule has 0 saturated carbocycles. The summed E-state index contributed by atoms with van der Waals surface area (Å²) in [5.41, 5.74) is 0. The van der Waals surface area contributed by atoms with E-state index in [9.17, 15) is 15.0 Å². The van der Waals surface area contributed by atoms with Crippen LogP contribution < -0.4 is 56.5 Å². The maximum absolute atomic E-state index is 10.2. The van der Waals surface area contributed by atoms with Gasteiger partial charge in [0.15, 0.2) is 0 Å². The summed E-state index contributed by atoms with van der Waals surface area (Å²) in [5.74, 6) is -0.929. The minimum Gasteiger partial charge on any atom is -0.550 e. The number of hydrogen-bond donors (Lipinski definition) is 1. The molecule has 1 atom stereocenters. The fourth-order valence-electron chi connectivity index (χ4n) is 2.34. The molecule has 0 radical (unpaired) electrons. The zero-order chi connectivity index (χ0) is 15.8. The molecule has 0 fully saturated rings. The van der Waals surface area contributed by atoms with E-state index in [0.717, 1.165) is 51.4 Å². The van der Waals surface area contributed by atoms with Gasteiger partial charge in [0.2, 0.25) is 0 Å². The molecule has 0 heterocycles. The predicted molar refractivity (Wildman–Crippen MR) is 85.8 cm³/mol. The first-order chi connectivity index (χ1) is 10.2. The number of unbranched alkanes of at least 4 members (excludes halogenated alkanes) is 8. The van der Waals surface area contributed by atoms with Crippen LogP contribution in [0.25, 0.3) is 0 Å². The van der Waals surface area contributed by atoms with E-state index in [0.29, 0.717) is 0 Å². The molecule has 0 aromatic carbocycles. The quantitative estimate of drug-likeness (QED) is 0.273. The van der Waals surface area contributed by atoms with Gasteiger partial charge in [-0.2, -0.15) is 0 Å². The second-order valence-electron chi connectivity index (χ2n) is 5.89. The molecule has 0 bridgehead atoms. The van der Waals surface area contributed by atoms with Gasteiger partial charge in [0.05, 0.1) is 6.10 Å². The van der Waals surface area contributed by atoms with Crippen LogP contribution in [0.1, 0.15) is 90.4 Å². The van der Waals surface area contributed by atoms with Crippen molar-refractivity contribution in [3.05, 3.63) is 12.2 Å². The van der Waals surface area contributed by atoms with Crippen LogP contribution in [0.3, 0.4) is 0 Å². The molecule has 0 spiro atoms. The summed E-state index contributed by atoms with van der Waals surface area (Å²) in [4.78, 5) is 10.2. The van der Waals surface area contributed by atoms with Gasteiger partial charge in [-0.05, 0) is 38.5 Å². The van der Waals surface area contributed by atoms with Crippen molar-refractivity contribution in [2.75, 3.05) is 0 Å². The number of rotatable bonds is 15. The number of aliphatic hydroxyl groups is 1. The summed E-state index contributed by atoms with van der Waals surface area (Å²) in [6, 6.07) is 0. The fraction of sp³-hybridized carbons (Fsp3) is 0.833. The first kappa shape index (κ1) is 25.1. The largest absolute Gasteiger partial charge is 1.00 e. The molecule has 0 aliphatic heterocycles. The molecule has 3 nitrogen and oxygen atoms in total. The summed E-state index contributed by atoms with van der Waals surface area (Å²) in [6.07, 6.45) is 17.2. The van der Waals surface area contributed by atoms with E-state index in [1.807, 2.05) is 0 Å². The fourth-order valence-corrected chi connectivity index (χ4v) is 2.34. The van der Waals surface area contributed by atoms with E-state index in [4.69, 9.17) is 0 Å². The van der Waals surface area contributed by atoms with Crippen molar-refractivity contribution in [1.82, 2.24) is 0 Å². The van der Waals surface area contributed by atoms with Crippen LogP contribution in [0.4, 0.5) is 0 Å². The van der Waals surface area contributed by atoms with Gasteiger partial charge in [-0.1, -0.05) is 64.0 Å². The minimum atomic E-state index is -0.929. The number of allylic oxidation sites excluding steroid dienone is 1. The van der Waals surface area contributed by atoms with Crippen LogP contribution in [0, 0.1) is 0 Å². The normalized spacial score (nSPS) is 12.3. The zero-order valence-electron chi connectivity index (χ0n) is 14.7. The van der Waals surface area contributed by atoms with Gasteiger partial charge in [-0.3, -0.25) is 0 Å². The van der Waals surface area contributed by atoms with E-state index in [-0.39, 0.29) is 63.9 Å². The average molecular weight is 337 g/mol. The Morgan fingerprint density at radius 2 is 1.59 bits per heavy atom. The Balaban J connectivity index is 0. The Morgan fingerprint density at radius 3 is 2.18 bits per heavy atom. The van der Waals surface area contributed by atoms with Crippen LogP contribution in [0.5, 0.6) is 0 Å². The number of aliphatic hydroxyl groups excluding tert-OH is 1. The molecule has 0 rings (SSSR count). The van der Waals surface area contributed by atoms with Gasteiger partial charge >= 0.3 is 51.4 Å². The Bertz CT molecular complexity index is 267. The molecule has 0 aromatic heterocycles. The number of carboxylic acids is 1. The third kappa shape index (κ3) is 20.8. The molecule has 124 valence electrons. The topological polar surface area (TPSA) is 60.4 Å². The number of carboxylic acid groups (broad SMARTS) is 1. The van der Waals surface area contributed by atoms with Crippen LogP contribution in [0.2, 0.25) is 0 Å². The van der Waals surface area contributed by atoms with Gasteiger partial charge in [0, 0.05) is 5.97 Å². The Hall–Kier alpha value is 0.806. The van der Waals surface area contributed by atoms with Crippen molar-refractivity contribution in [3.63, 3.8) is 0 Å². The standard InChI is InChI=1S/C18H34O3.K/c1-2-3-14-17(19)15-12-10-8-6-4-5-7-9-11-13-16-18(20)21;/h10,12,17,19H,2-9,11,13-16H2,1H3,(H,20,21);/q;+1/p-1/b12-10+;. The van der Waals surface area contributed by atoms with E-state index in [1.54, 1.807) is 0 Å². The van der Waals surface area contributed by atoms with Crippen molar-refractivity contribution in [2.24, 2.45) is 0 Å². The molecule has 0 saturated heterocycles. The number of carbonyl (C=O) groups is 1. The third-order valence-electron chi connectivity index (χ3n) is 3.72. The van der Waals surface area contributed by atoms with Gasteiger partial charge in [0.25, 0.3) is 0 Å². The van der Waals surface area contributed by atoms with Crippen molar-refractivity contribution in [3.8, 4) is 0 Å². The van der Waals surface area contributed by atoms with Gasteiger partial charge < -0.3 is 15.0 Å². The summed E-state index contributed by atoms with van der Waals surface area (Å²) < 4.78 is 0. The van der Waals surface area contributed by atoms with Gasteiger partial charge in [-0.25, -0.2) is 0 Å². The Morgan fingerprint density at radius 1 is 1.00 bits per heavy atom. The van der Waals surface area contributed by atoms with E-state index >= 15 is 0 Å². The second-order valence-corrected chi connectivity index (χ2v) is 5.89. The van der Waals surface area contributed by atoms with Crippen molar-refractivity contribution in [1.29, 1.82) is 0 Å². The molecule has 1 N–H and O–H groups in total. The van der Waals surface area contributed by atoms with E-state index < -0.39 is 5.97 Å². The molecule has 22 heavy (non-hydrogen) atoms. The van der Waals surface area contributed by atoms with Gasteiger partial charge in [0.1, 0.15) is 0 Å². The van der Waals surface area contributed by atoms with Crippen LogP contribution in [-0.2, 0) is 4.79 Å². The molecular formula is C18H33KO3. The molecule has 0 aliphatic rings. The predicted octanol–water partition coefficient (Wildman–Crippen LogP) is 0.749. The molecular weight excluding hydrogens is 303 g/mol. The maximum atomic E-state index is 10.2. The molecule has 1 unspecified atom stereocenters.